The lowest BCUT2D eigenvalue weighted by molar-refractivity contribution is -0.139. The van der Waals surface area contributed by atoms with Crippen molar-refractivity contribution in [3.05, 3.63) is 53.2 Å². The second kappa shape index (κ2) is 7.04. The van der Waals surface area contributed by atoms with Crippen LogP contribution < -0.4 is 4.90 Å². The maximum Gasteiger partial charge on any atom is 0.295 e. The fourth-order valence-electron chi connectivity index (χ4n) is 6.19. The smallest absolute Gasteiger partial charge is 0.295 e. The van der Waals surface area contributed by atoms with Crippen LogP contribution in [0, 0.1) is 24.7 Å². The highest BCUT2D eigenvalue weighted by Gasteiger charge is 2.56. The predicted octanol–water partition coefficient (Wildman–Crippen LogP) is 3.90. The molecule has 0 spiro atoms. The number of hydrogen-bond acceptors (Lipinski definition) is 6. The minimum Gasteiger partial charge on any atom is -0.483 e. The van der Waals surface area contributed by atoms with Crippen LogP contribution in [0.5, 0.6) is 0 Å². The molecule has 2 aromatic rings. The number of rotatable bonds is 2. The molecule has 31 heavy (non-hydrogen) atoms. The lowest BCUT2D eigenvalue weighted by atomic mass is 9.63. The molecule has 4 aliphatic rings. The van der Waals surface area contributed by atoms with Gasteiger partial charge in [-0.3, -0.25) is 19.5 Å². The van der Waals surface area contributed by atoms with E-state index in [0.717, 1.165) is 24.8 Å². The van der Waals surface area contributed by atoms with Crippen LogP contribution in [-0.2, 0) is 14.3 Å². The minimum absolute atomic E-state index is 0.0631. The van der Waals surface area contributed by atoms with E-state index in [1.807, 2.05) is 12.1 Å². The number of aromatic nitrogens is 2. The van der Waals surface area contributed by atoms with Crippen molar-refractivity contribution in [2.45, 2.75) is 57.6 Å². The molecule has 2 aliphatic heterocycles. The number of Topliss-reactive ketones (excluding diaryl/α,β-unsaturated/α-hetero) is 1. The standard InChI is InChI=1S/C24H25N3O4/c1-13-12-18(26-31-13)27-20(15-8-10-25-11-9-15)19-21(28)17-7-6-14-4-2-3-5-16(14)22(17)30-23(19)24(27)29/h8-12,14,16-17,20,22H,2-7H2,1H3. The van der Waals surface area contributed by atoms with Crippen LogP contribution in [0.1, 0.15) is 55.9 Å². The molecule has 160 valence electrons. The van der Waals surface area contributed by atoms with Crippen LogP contribution >= 0.6 is 0 Å². The average Bonchev–Trinajstić information content (AvgIpc) is 3.35. The van der Waals surface area contributed by atoms with Gasteiger partial charge in [-0.25, -0.2) is 0 Å². The molecule has 2 saturated carbocycles. The van der Waals surface area contributed by atoms with Crippen LogP contribution in [0.25, 0.3) is 0 Å². The van der Waals surface area contributed by atoms with Gasteiger partial charge in [0.2, 0.25) is 0 Å². The van der Waals surface area contributed by atoms with Gasteiger partial charge in [0.05, 0.1) is 17.5 Å². The Morgan fingerprint density at radius 2 is 1.87 bits per heavy atom. The number of anilines is 1. The Hall–Kier alpha value is -2.96. The normalized spacial score (nSPS) is 32.4. The summed E-state index contributed by atoms with van der Waals surface area (Å²) < 4.78 is 11.7. The second-order valence-corrected chi connectivity index (χ2v) is 9.24. The SMILES string of the molecule is Cc1cc(N2C(=O)C3=C(C(=O)C4CCC5CCCCC5C4O3)C2c2ccncc2)no1. The van der Waals surface area contributed by atoms with Gasteiger partial charge >= 0.3 is 0 Å². The number of amides is 1. The summed E-state index contributed by atoms with van der Waals surface area (Å²) >= 11 is 0. The van der Waals surface area contributed by atoms with Crippen molar-refractivity contribution in [1.82, 2.24) is 10.1 Å². The van der Waals surface area contributed by atoms with Crippen molar-refractivity contribution in [2.75, 3.05) is 4.90 Å². The molecule has 1 amide bonds. The lowest BCUT2D eigenvalue weighted by Crippen LogP contribution is -2.48. The fraction of sp³-hybridized carbons (Fsp3) is 0.500. The summed E-state index contributed by atoms with van der Waals surface area (Å²) in [5.74, 6) is 1.76. The van der Waals surface area contributed by atoms with Crippen molar-refractivity contribution in [3.8, 4) is 0 Å². The van der Waals surface area contributed by atoms with Crippen molar-refractivity contribution in [1.29, 1.82) is 0 Å². The van der Waals surface area contributed by atoms with Crippen molar-refractivity contribution >= 4 is 17.5 Å². The van der Waals surface area contributed by atoms with Crippen molar-refractivity contribution in [3.63, 3.8) is 0 Å². The van der Waals surface area contributed by atoms with Crippen LogP contribution in [-0.4, -0.2) is 27.9 Å². The fourth-order valence-corrected chi connectivity index (χ4v) is 6.19. The van der Waals surface area contributed by atoms with E-state index >= 15 is 0 Å². The van der Waals surface area contributed by atoms with E-state index in [4.69, 9.17) is 9.26 Å². The van der Waals surface area contributed by atoms with E-state index < -0.39 is 6.04 Å². The van der Waals surface area contributed by atoms with Gasteiger partial charge in [0.15, 0.2) is 17.4 Å². The Balaban J connectivity index is 1.46. The van der Waals surface area contributed by atoms with Gasteiger partial charge in [-0.15, -0.1) is 0 Å². The summed E-state index contributed by atoms with van der Waals surface area (Å²) in [7, 11) is 0. The number of nitrogens with zero attached hydrogens (tertiary/aromatic N) is 3. The Morgan fingerprint density at radius 1 is 1.06 bits per heavy atom. The third-order valence-electron chi connectivity index (χ3n) is 7.56. The zero-order valence-electron chi connectivity index (χ0n) is 17.5. The number of ether oxygens (including phenoxy) is 1. The molecule has 2 aliphatic carbocycles. The maximum absolute atomic E-state index is 13.9. The summed E-state index contributed by atoms with van der Waals surface area (Å²) in [6, 6.07) is 4.82. The van der Waals surface area contributed by atoms with Gasteiger partial charge in [-0.1, -0.05) is 24.4 Å². The molecule has 5 unspecified atom stereocenters. The highest BCUT2D eigenvalue weighted by molar-refractivity contribution is 6.17. The van der Waals surface area contributed by atoms with E-state index in [1.165, 1.54) is 19.3 Å². The van der Waals surface area contributed by atoms with Crippen LogP contribution in [0.4, 0.5) is 5.82 Å². The van der Waals surface area contributed by atoms with Gasteiger partial charge in [-0.05, 0) is 55.7 Å². The number of carbonyl (C=O) groups excluding carboxylic acids is 2. The largest absolute Gasteiger partial charge is 0.483 e. The van der Waals surface area contributed by atoms with E-state index in [0.29, 0.717) is 29.0 Å². The molecule has 0 aromatic carbocycles. The Labute approximate surface area is 180 Å². The molecule has 6 rings (SSSR count). The molecule has 0 radical (unpaired) electrons. The first kappa shape index (κ1) is 18.8. The number of aryl methyl sites for hydroxylation is 1. The highest BCUT2D eigenvalue weighted by atomic mass is 16.5. The van der Waals surface area contributed by atoms with E-state index in [-0.39, 0.29) is 29.5 Å². The molecule has 0 bridgehead atoms. The Kier molecular flexibility index (Phi) is 4.26. The highest BCUT2D eigenvalue weighted by Crippen LogP contribution is 2.52. The number of carbonyl (C=O) groups is 2. The van der Waals surface area contributed by atoms with Crippen molar-refractivity contribution in [2.24, 2.45) is 17.8 Å². The molecule has 0 N–H and O–H groups in total. The Bertz CT molecular complexity index is 1080. The third-order valence-corrected chi connectivity index (χ3v) is 7.56. The lowest BCUT2D eigenvalue weighted by Gasteiger charge is -2.46. The summed E-state index contributed by atoms with van der Waals surface area (Å²) in [5, 5.41) is 4.08. The number of fused-ring (bicyclic) bond motifs is 3. The van der Waals surface area contributed by atoms with Gasteiger partial charge in [0.25, 0.3) is 5.91 Å². The summed E-state index contributed by atoms with van der Waals surface area (Å²) in [4.78, 5) is 33.1. The van der Waals surface area contributed by atoms with Gasteiger partial charge in [0, 0.05) is 18.5 Å². The van der Waals surface area contributed by atoms with E-state index in [1.54, 1.807) is 30.3 Å². The van der Waals surface area contributed by atoms with Crippen LogP contribution in [0.3, 0.4) is 0 Å². The Morgan fingerprint density at radius 3 is 2.65 bits per heavy atom. The summed E-state index contributed by atoms with van der Waals surface area (Å²) in [6.07, 6.45) is 9.78. The number of pyridine rings is 1. The molecular weight excluding hydrogens is 394 g/mol. The van der Waals surface area contributed by atoms with Gasteiger partial charge < -0.3 is 9.26 Å². The van der Waals surface area contributed by atoms with Crippen LogP contribution in [0.15, 0.2) is 46.4 Å². The quantitative estimate of drug-likeness (QED) is 0.734. The molecular formula is C24H25N3O4. The molecule has 5 atom stereocenters. The minimum atomic E-state index is -0.576. The monoisotopic (exact) mass is 419 g/mol. The van der Waals surface area contributed by atoms with Gasteiger partial charge in [-0.2, -0.15) is 0 Å². The summed E-state index contributed by atoms with van der Waals surface area (Å²) in [5.41, 5.74) is 1.28. The topological polar surface area (TPSA) is 85.5 Å². The second-order valence-electron chi connectivity index (χ2n) is 9.24. The molecule has 2 fully saturated rings. The van der Waals surface area contributed by atoms with Crippen molar-refractivity contribution < 1.29 is 18.8 Å². The van der Waals surface area contributed by atoms with E-state index in [2.05, 4.69) is 10.1 Å². The molecule has 4 heterocycles. The number of ketones is 1. The van der Waals surface area contributed by atoms with Crippen LogP contribution in [0.2, 0.25) is 0 Å². The molecule has 0 saturated heterocycles. The summed E-state index contributed by atoms with van der Waals surface area (Å²) in [6.45, 7) is 1.78. The molecule has 7 heteroatoms. The maximum atomic E-state index is 13.9. The first-order chi connectivity index (χ1) is 15.1. The molecule has 2 aromatic heterocycles. The zero-order chi connectivity index (χ0) is 21.1. The van der Waals surface area contributed by atoms with E-state index in [9.17, 15) is 9.59 Å². The number of hydrogen-bond donors (Lipinski definition) is 0. The first-order valence-electron chi connectivity index (χ1n) is 11.3. The average molecular weight is 419 g/mol. The van der Waals surface area contributed by atoms with Gasteiger partial charge in [0.1, 0.15) is 11.9 Å². The zero-order valence-corrected chi connectivity index (χ0v) is 17.5. The first-order valence-corrected chi connectivity index (χ1v) is 11.3. The molecule has 7 nitrogen and oxygen atoms in total. The predicted molar refractivity (Wildman–Crippen MR) is 111 cm³/mol. The third kappa shape index (κ3) is 2.78.